The molecule has 0 aliphatic rings. The molecule has 16 heavy (non-hydrogen) atoms. The molecule has 0 aliphatic carbocycles. The van der Waals surface area contributed by atoms with Crippen LogP contribution in [0, 0.1) is 6.92 Å². The Morgan fingerprint density at radius 2 is 2.19 bits per heavy atom. The Morgan fingerprint density at radius 1 is 1.50 bits per heavy atom. The third-order valence-electron chi connectivity index (χ3n) is 2.44. The fourth-order valence-electron chi connectivity index (χ4n) is 1.61. The number of hydrogen-bond donors (Lipinski definition) is 1. The predicted octanol–water partition coefficient (Wildman–Crippen LogP) is 2.34. The van der Waals surface area contributed by atoms with E-state index in [0.717, 1.165) is 17.4 Å². The first-order valence-electron chi connectivity index (χ1n) is 5.37. The maximum atomic E-state index is 11.0. The molecule has 1 aromatic carbocycles. The predicted molar refractivity (Wildman–Crippen MR) is 64.6 cm³/mol. The zero-order valence-corrected chi connectivity index (χ0v) is 9.91. The Hall–Kier alpha value is -1.45. The molecule has 0 heterocycles. The van der Waals surface area contributed by atoms with Crippen molar-refractivity contribution in [1.82, 2.24) is 0 Å². The molecule has 0 amide bonds. The van der Waals surface area contributed by atoms with E-state index in [2.05, 4.69) is 0 Å². The van der Waals surface area contributed by atoms with E-state index in [4.69, 9.17) is 9.84 Å². The molecule has 0 bridgehead atoms. The molecule has 3 nitrogen and oxygen atoms in total. The van der Waals surface area contributed by atoms with Crippen LogP contribution >= 0.6 is 0 Å². The summed E-state index contributed by atoms with van der Waals surface area (Å²) in [4.78, 5) is 11.0. The molecule has 0 aromatic heterocycles. The van der Waals surface area contributed by atoms with Gasteiger partial charge in [0.25, 0.3) is 0 Å². The lowest BCUT2D eigenvalue weighted by Crippen LogP contribution is -2.05. The topological polar surface area (TPSA) is 46.5 Å². The van der Waals surface area contributed by atoms with Crippen molar-refractivity contribution in [2.45, 2.75) is 27.0 Å². The molecule has 0 atom stereocenters. The quantitative estimate of drug-likeness (QED) is 0.773. The lowest BCUT2D eigenvalue weighted by atomic mass is 9.74. The van der Waals surface area contributed by atoms with Crippen LogP contribution in [0.1, 0.15) is 28.4 Å². The van der Waals surface area contributed by atoms with Crippen LogP contribution in [0.3, 0.4) is 0 Å². The minimum Gasteiger partial charge on any atom is -0.494 e. The summed E-state index contributed by atoms with van der Waals surface area (Å²) in [5.41, 5.74) is 2.31. The number of carboxylic acids is 1. The number of rotatable bonds is 5. The number of carboxylic acid groups (broad SMARTS) is 1. The van der Waals surface area contributed by atoms with Crippen molar-refractivity contribution < 1.29 is 14.6 Å². The zero-order valence-electron chi connectivity index (χ0n) is 9.91. The smallest absolute Gasteiger partial charge is 0.335 e. The average Bonchev–Trinajstić information content (AvgIpc) is 2.24. The van der Waals surface area contributed by atoms with E-state index >= 15 is 0 Å². The standard InChI is InChI=1S/C12H16BO3/c1-4-16-11-6-9(12(14)15)5-10(7-13-3)8(11)2/h5-6H,4,7H2,1-3H3,(H,14,15). The molecule has 1 aromatic rings. The van der Waals surface area contributed by atoms with Crippen molar-refractivity contribution in [2.24, 2.45) is 0 Å². The minimum atomic E-state index is -0.918. The Balaban J connectivity index is 3.21. The Kier molecular flexibility index (Phi) is 4.41. The summed E-state index contributed by atoms with van der Waals surface area (Å²) in [5.74, 6) is -0.252. The molecule has 1 rings (SSSR count). The highest BCUT2D eigenvalue weighted by Crippen LogP contribution is 2.24. The molecule has 0 aliphatic heterocycles. The van der Waals surface area contributed by atoms with Crippen molar-refractivity contribution in [2.75, 3.05) is 6.61 Å². The van der Waals surface area contributed by atoms with Crippen LogP contribution < -0.4 is 4.74 Å². The van der Waals surface area contributed by atoms with Gasteiger partial charge in [-0.25, -0.2) is 4.79 Å². The molecule has 1 radical (unpaired) electrons. The summed E-state index contributed by atoms with van der Waals surface area (Å²) in [5, 5.41) is 9.00. The molecule has 0 saturated carbocycles. The van der Waals surface area contributed by atoms with E-state index in [9.17, 15) is 4.79 Å². The highest BCUT2D eigenvalue weighted by molar-refractivity contribution is 6.33. The van der Waals surface area contributed by atoms with Crippen molar-refractivity contribution in [3.05, 3.63) is 28.8 Å². The van der Waals surface area contributed by atoms with Gasteiger partial charge in [-0.15, -0.1) is 0 Å². The minimum absolute atomic E-state index is 0.283. The Labute approximate surface area is 96.7 Å². The molecular weight excluding hydrogens is 203 g/mol. The number of hydrogen-bond acceptors (Lipinski definition) is 2. The highest BCUT2D eigenvalue weighted by Gasteiger charge is 2.11. The van der Waals surface area contributed by atoms with Gasteiger partial charge < -0.3 is 9.84 Å². The van der Waals surface area contributed by atoms with Crippen LogP contribution in [-0.4, -0.2) is 25.0 Å². The van der Waals surface area contributed by atoms with Gasteiger partial charge in [0.2, 0.25) is 0 Å². The van der Waals surface area contributed by atoms with Crippen LogP contribution in [0.5, 0.6) is 5.75 Å². The Morgan fingerprint density at radius 3 is 2.69 bits per heavy atom. The van der Waals surface area contributed by atoms with Crippen LogP contribution in [0.4, 0.5) is 0 Å². The highest BCUT2D eigenvalue weighted by atomic mass is 16.5. The van der Waals surface area contributed by atoms with Gasteiger partial charge in [-0.1, -0.05) is 13.1 Å². The second kappa shape index (κ2) is 5.59. The molecule has 4 heteroatoms. The second-order valence-corrected chi connectivity index (χ2v) is 3.61. The maximum absolute atomic E-state index is 11.0. The van der Waals surface area contributed by atoms with Gasteiger partial charge in [0.1, 0.15) is 13.0 Å². The lowest BCUT2D eigenvalue weighted by Gasteiger charge is -2.12. The van der Waals surface area contributed by atoms with Gasteiger partial charge in [-0.2, -0.15) is 0 Å². The van der Waals surface area contributed by atoms with E-state index in [1.807, 2.05) is 28.0 Å². The average molecular weight is 219 g/mol. The van der Waals surface area contributed by atoms with Crippen molar-refractivity contribution in [1.29, 1.82) is 0 Å². The maximum Gasteiger partial charge on any atom is 0.335 e. The van der Waals surface area contributed by atoms with E-state index in [-0.39, 0.29) is 5.56 Å². The van der Waals surface area contributed by atoms with Crippen LogP contribution in [0.25, 0.3) is 0 Å². The number of ether oxygens (including phenoxy) is 1. The molecule has 0 unspecified atom stereocenters. The van der Waals surface area contributed by atoms with Crippen molar-refractivity contribution in [3.8, 4) is 5.75 Å². The number of carbonyl (C=O) groups is 1. The SMILES string of the molecule is C[B]Cc1cc(C(=O)O)cc(OCC)c1C. The normalized spacial score (nSPS) is 9.94. The summed E-state index contributed by atoms with van der Waals surface area (Å²) < 4.78 is 5.44. The number of aromatic carboxylic acids is 1. The van der Waals surface area contributed by atoms with E-state index < -0.39 is 5.97 Å². The third-order valence-corrected chi connectivity index (χ3v) is 2.44. The first-order valence-corrected chi connectivity index (χ1v) is 5.37. The molecule has 0 spiro atoms. The fraction of sp³-hybridized carbons (Fsp3) is 0.417. The van der Waals surface area contributed by atoms with Gasteiger partial charge >= 0.3 is 5.97 Å². The summed E-state index contributed by atoms with van der Waals surface area (Å²) in [6.45, 7) is 6.33. The zero-order chi connectivity index (χ0) is 12.1. The summed E-state index contributed by atoms with van der Waals surface area (Å²) in [6, 6.07) is 3.29. The first-order chi connectivity index (χ1) is 7.60. The van der Waals surface area contributed by atoms with Gasteiger partial charge in [0, 0.05) is 0 Å². The molecule has 0 saturated heterocycles. The molecule has 0 fully saturated rings. The summed E-state index contributed by atoms with van der Waals surface area (Å²) >= 11 is 0. The van der Waals surface area contributed by atoms with Gasteiger partial charge in [0.15, 0.2) is 0 Å². The van der Waals surface area contributed by atoms with Crippen LogP contribution in [0.2, 0.25) is 6.82 Å². The van der Waals surface area contributed by atoms with E-state index in [1.54, 1.807) is 12.1 Å². The van der Waals surface area contributed by atoms with E-state index in [0.29, 0.717) is 12.4 Å². The largest absolute Gasteiger partial charge is 0.494 e. The van der Waals surface area contributed by atoms with Crippen LogP contribution in [-0.2, 0) is 6.32 Å². The van der Waals surface area contributed by atoms with Gasteiger partial charge in [-0.3, -0.25) is 0 Å². The molecular formula is C12H16BO3. The monoisotopic (exact) mass is 219 g/mol. The van der Waals surface area contributed by atoms with Crippen molar-refractivity contribution >= 4 is 13.2 Å². The second-order valence-electron chi connectivity index (χ2n) is 3.61. The lowest BCUT2D eigenvalue weighted by molar-refractivity contribution is 0.0696. The first kappa shape index (κ1) is 12.6. The van der Waals surface area contributed by atoms with E-state index in [1.165, 1.54) is 0 Å². The van der Waals surface area contributed by atoms with Crippen molar-refractivity contribution in [3.63, 3.8) is 0 Å². The Bertz CT molecular complexity index is 361. The van der Waals surface area contributed by atoms with Gasteiger partial charge in [-0.05, 0) is 37.1 Å². The summed E-state index contributed by atoms with van der Waals surface area (Å²) in [6.07, 6.45) is 0.757. The van der Waals surface area contributed by atoms with Crippen LogP contribution in [0.15, 0.2) is 12.1 Å². The molecule has 85 valence electrons. The molecule has 1 N–H and O–H groups in total. The number of benzene rings is 1. The fourth-order valence-corrected chi connectivity index (χ4v) is 1.61. The third kappa shape index (κ3) is 2.78. The summed E-state index contributed by atoms with van der Waals surface area (Å²) in [7, 11) is 2.00. The van der Waals surface area contributed by atoms with Gasteiger partial charge in [0.05, 0.1) is 12.2 Å².